The molecule has 20 heavy (non-hydrogen) atoms. The summed E-state index contributed by atoms with van der Waals surface area (Å²) in [5, 5.41) is 9.28. The van der Waals surface area contributed by atoms with Crippen molar-refractivity contribution in [1.29, 1.82) is 0 Å². The van der Waals surface area contributed by atoms with Crippen molar-refractivity contribution in [3.8, 4) is 0 Å². The first-order valence-corrected chi connectivity index (χ1v) is 6.09. The van der Waals surface area contributed by atoms with E-state index in [1.54, 1.807) is 6.92 Å². The number of hydrogen-bond acceptors (Lipinski definition) is 2. The number of alkyl halides is 3. The number of carboxylic acids is 1. The number of halogens is 3. The van der Waals surface area contributed by atoms with E-state index in [0.717, 1.165) is 12.1 Å². The predicted molar refractivity (Wildman–Crippen MR) is 64.2 cm³/mol. The van der Waals surface area contributed by atoms with Crippen LogP contribution >= 0.6 is 0 Å². The molecule has 0 radical (unpaired) electrons. The Kier molecular flexibility index (Phi) is 3.36. The Labute approximate surface area is 113 Å². The molecule has 0 saturated heterocycles. The average molecular weight is 286 g/mol. The first-order chi connectivity index (χ1) is 9.17. The van der Waals surface area contributed by atoms with Crippen molar-refractivity contribution in [3.63, 3.8) is 0 Å². The zero-order valence-electron chi connectivity index (χ0n) is 10.7. The van der Waals surface area contributed by atoms with Gasteiger partial charge in [0.1, 0.15) is 5.78 Å². The monoisotopic (exact) mass is 286 g/mol. The summed E-state index contributed by atoms with van der Waals surface area (Å²) < 4.78 is 37.4. The Balaban J connectivity index is 2.27. The van der Waals surface area contributed by atoms with E-state index in [4.69, 9.17) is 0 Å². The summed E-state index contributed by atoms with van der Waals surface area (Å²) in [6.07, 6.45) is -4.55. The Morgan fingerprint density at radius 2 is 1.75 bits per heavy atom. The van der Waals surface area contributed by atoms with Gasteiger partial charge in [-0.15, -0.1) is 0 Å². The second-order valence-corrected chi connectivity index (χ2v) is 5.19. The first-order valence-electron chi connectivity index (χ1n) is 6.09. The highest BCUT2D eigenvalue weighted by Crippen LogP contribution is 2.49. The molecule has 1 aliphatic carbocycles. The molecule has 1 aromatic rings. The second kappa shape index (κ2) is 4.61. The van der Waals surface area contributed by atoms with Gasteiger partial charge in [0, 0.05) is 12.8 Å². The normalized spacial score (nSPS) is 19.3. The minimum atomic E-state index is -4.42. The molecule has 1 atom stereocenters. The molecule has 1 aromatic carbocycles. The number of aliphatic carboxylic acids is 1. The molecule has 1 fully saturated rings. The lowest BCUT2D eigenvalue weighted by atomic mass is 9.59. The molecule has 0 aromatic heterocycles. The minimum absolute atomic E-state index is 0.0650. The van der Waals surface area contributed by atoms with Gasteiger partial charge in [0.05, 0.1) is 11.0 Å². The molecule has 108 valence electrons. The van der Waals surface area contributed by atoms with Gasteiger partial charge in [0.15, 0.2) is 0 Å². The molecule has 1 unspecified atom stereocenters. The summed E-state index contributed by atoms with van der Waals surface area (Å²) in [5.74, 6) is -1.73. The van der Waals surface area contributed by atoms with E-state index in [1.807, 2.05) is 0 Å². The van der Waals surface area contributed by atoms with Gasteiger partial charge in [0.2, 0.25) is 0 Å². The summed E-state index contributed by atoms with van der Waals surface area (Å²) >= 11 is 0. The highest BCUT2D eigenvalue weighted by Gasteiger charge is 2.54. The molecule has 0 aliphatic heterocycles. The van der Waals surface area contributed by atoms with Crippen LogP contribution in [-0.2, 0) is 15.8 Å². The van der Waals surface area contributed by atoms with Crippen LogP contribution in [0.5, 0.6) is 0 Å². The Morgan fingerprint density at radius 1 is 1.25 bits per heavy atom. The van der Waals surface area contributed by atoms with Crippen LogP contribution in [0.2, 0.25) is 0 Å². The summed E-state index contributed by atoms with van der Waals surface area (Å²) in [6, 6.07) is 4.42. The molecule has 0 amide bonds. The zero-order chi connectivity index (χ0) is 15.1. The van der Waals surface area contributed by atoms with Gasteiger partial charge in [0.25, 0.3) is 0 Å². The number of rotatable bonds is 3. The summed E-state index contributed by atoms with van der Waals surface area (Å²) in [7, 11) is 0. The summed E-state index contributed by atoms with van der Waals surface area (Å²) in [5.41, 5.74) is -1.47. The third-order valence-electron chi connectivity index (χ3n) is 4.02. The fourth-order valence-corrected chi connectivity index (χ4v) is 2.57. The van der Waals surface area contributed by atoms with E-state index in [2.05, 4.69) is 0 Å². The van der Waals surface area contributed by atoms with Gasteiger partial charge in [-0.3, -0.25) is 9.59 Å². The number of hydrogen-bond donors (Lipinski definition) is 1. The highest BCUT2D eigenvalue weighted by atomic mass is 19.4. The van der Waals surface area contributed by atoms with Crippen LogP contribution in [0, 0.1) is 5.41 Å². The smallest absolute Gasteiger partial charge is 0.416 e. The number of Topliss-reactive ketones (excluding diaryl/α,β-unsaturated/α-hetero) is 1. The predicted octanol–water partition coefficient (Wildman–Crippen LogP) is 3.24. The molecule has 1 saturated carbocycles. The molecule has 1 aliphatic rings. The van der Waals surface area contributed by atoms with Crippen LogP contribution in [0.3, 0.4) is 0 Å². The molecule has 2 rings (SSSR count). The summed E-state index contributed by atoms with van der Waals surface area (Å²) in [6.45, 7) is 1.63. The van der Waals surface area contributed by atoms with Gasteiger partial charge in [-0.05, 0) is 23.6 Å². The van der Waals surface area contributed by atoms with Gasteiger partial charge in [-0.25, -0.2) is 0 Å². The van der Waals surface area contributed by atoms with E-state index >= 15 is 0 Å². The van der Waals surface area contributed by atoms with Crippen molar-refractivity contribution in [2.24, 2.45) is 5.41 Å². The largest absolute Gasteiger partial charge is 0.481 e. The SMILES string of the molecule is CC(c1ccc(C(F)(F)F)cc1)C1(C(=O)O)CC(=O)C1. The maximum Gasteiger partial charge on any atom is 0.416 e. The number of ketones is 1. The lowest BCUT2D eigenvalue weighted by Crippen LogP contribution is -2.48. The molecular weight excluding hydrogens is 273 g/mol. The third kappa shape index (κ3) is 2.30. The van der Waals surface area contributed by atoms with Crippen molar-refractivity contribution in [2.75, 3.05) is 0 Å². The standard InChI is InChI=1S/C14H13F3O3/c1-8(13(12(19)20)6-11(18)7-13)9-2-4-10(5-3-9)14(15,16)17/h2-5,8H,6-7H2,1H3,(H,19,20). The van der Waals surface area contributed by atoms with Crippen LogP contribution in [0.1, 0.15) is 36.8 Å². The van der Waals surface area contributed by atoms with Crippen LogP contribution < -0.4 is 0 Å². The van der Waals surface area contributed by atoms with Crippen LogP contribution in [0.15, 0.2) is 24.3 Å². The molecule has 6 heteroatoms. The maximum absolute atomic E-state index is 12.5. The van der Waals surface area contributed by atoms with Gasteiger partial charge in [-0.1, -0.05) is 19.1 Å². The Bertz CT molecular complexity index is 538. The summed E-state index contributed by atoms with van der Waals surface area (Å²) in [4.78, 5) is 22.5. The van der Waals surface area contributed by atoms with Crippen molar-refractivity contribution < 1.29 is 27.9 Å². The number of carbonyl (C=O) groups excluding carboxylic acids is 1. The lowest BCUT2D eigenvalue weighted by Gasteiger charge is -2.41. The fourth-order valence-electron chi connectivity index (χ4n) is 2.57. The number of carboxylic acid groups (broad SMARTS) is 1. The van der Waals surface area contributed by atoms with Crippen molar-refractivity contribution >= 4 is 11.8 Å². The minimum Gasteiger partial charge on any atom is -0.481 e. The molecule has 1 N–H and O–H groups in total. The number of carbonyl (C=O) groups is 2. The molecular formula is C14H13F3O3. The Morgan fingerprint density at radius 3 is 2.10 bits per heavy atom. The van der Waals surface area contributed by atoms with Gasteiger partial charge in [-0.2, -0.15) is 13.2 Å². The van der Waals surface area contributed by atoms with Crippen LogP contribution in [0.4, 0.5) is 13.2 Å². The maximum atomic E-state index is 12.5. The van der Waals surface area contributed by atoms with E-state index in [9.17, 15) is 27.9 Å². The zero-order valence-corrected chi connectivity index (χ0v) is 10.7. The second-order valence-electron chi connectivity index (χ2n) is 5.19. The van der Waals surface area contributed by atoms with Crippen LogP contribution in [0.25, 0.3) is 0 Å². The van der Waals surface area contributed by atoms with E-state index in [1.165, 1.54) is 12.1 Å². The van der Waals surface area contributed by atoms with Gasteiger partial charge < -0.3 is 5.11 Å². The molecule has 0 spiro atoms. The van der Waals surface area contributed by atoms with Crippen molar-refractivity contribution in [1.82, 2.24) is 0 Å². The molecule has 3 nitrogen and oxygen atoms in total. The lowest BCUT2D eigenvalue weighted by molar-refractivity contribution is -0.162. The highest BCUT2D eigenvalue weighted by molar-refractivity contribution is 5.97. The molecule has 0 bridgehead atoms. The quantitative estimate of drug-likeness (QED) is 0.928. The topological polar surface area (TPSA) is 54.4 Å². The first kappa shape index (κ1) is 14.6. The van der Waals surface area contributed by atoms with E-state index < -0.39 is 29.0 Å². The van der Waals surface area contributed by atoms with E-state index in [0.29, 0.717) is 5.56 Å². The van der Waals surface area contributed by atoms with Crippen LogP contribution in [-0.4, -0.2) is 16.9 Å². The fraction of sp³-hybridized carbons (Fsp3) is 0.429. The molecule has 0 heterocycles. The van der Waals surface area contributed by atoms with E-state index in [-0.39, 0.29) is 18.6 Å². The third-order valence-corrected chi connectivity index (χ3v) is 4.02. The van der Waals surface area contributed by atoms with Crippen molar-refractivity contribution in [3.05, 3.63) is 35.4 Å². The van der Waals surface area contributed by atoms with Gasteiger partial charge >= 0.3 is 12.1 Å². The van der Waals surface area contributed by atoms with Crippen molar-refractivity contribution in [2.45, 2.75) is 31.9 Å². The average Bonchev–Trinajstić information content (AvgIpc) is 2.32. The number of benzene rings is 1. The Hall–Kier alpha value is -1.85.